The summed E-state index contributed by atoms with van der Waals surface area (Å²) < 4.78 is 66.1. The minimum absolute atomic E-state index is 0.111. The molecular weight excluding hydrogens is 574 g/mol. The molecule has 2 aromatic heterocycles. The maximum absolute atomic E-state index is 15.7. The number of hydrogen-bond donors (Lipinski definition) is 3. The van der Waals surface area contributed by atoms with Gasteiger partial charge in [-0.1, -0.05) is 11.6 Å². The van der Waals surface area contributed by atoms with Gasteiger partial charge in [0.25, 0.3) is 10.0 Å². The van der Waals surface area contributed by atoms with Gasteiger partial charge in [0.1, 0.15) is 33.8 Å². The third-order valence-electron chi connectivity index (χ3n) is 7.47. The predicted octanol–water partition coefficient (Wildman–Crippen LogP) is 5.99. The minimum Gasteiger partial charge on any atom is -0.497 e. The van der Waals surface area contributed by atoms with Crippen LogP contribution in [0.15, 0.2) is 41.4 Å². The zero-order valence-electron chi connectivity index (χ0n) is 22.8. The highest BCUT2D eigenvalue weighted by molar-refractivity contribution is 7.92. The van der Waals surface area contributed by atoms with E-state index < -0.39 is 27.3 Å². The Labute approximate surface area is 241 Å². The first-order chi connectivity index (χ1) is 19.4. The van der Waals surface area contributed by atoms with Crippen molar-refractivity contribution in [3.63, 3.8) is 0 Å². The molecule has 1 aliphatic rings. The highest BCUT2D eigenvalue weighted by Crippen LogP contribution is 2.42. The van der Waals surface area contributed by atoms with Crippen molar-refractivity contribution in [2.24, 2.45) is 5.73 Å². The molecule has 5 rings (SSSR count). The highest BCUT2D eigenvalue weighted by Gasteiger charge is 2.29. The summed E-state index contributed by atoms with van der Waals surface area (Å²) in [5, 5.41) is 4.98. The molecule has 13 heteroatoms. The largest absolute Gasteiger partial charge is 0.497 e. The minimum atomic E-state index is -4.39. The van der Waals surface area contributed by atoms with E-state index in [1.807, 2.05) is 13.8 Å². The molecule has 0 unspecified atom stereocenters. The topological polar surface area (TPSA) is 138 Å². The maximum atomic E-state index is 15.7. The van der Waals surface area contributed by atoms with Crippen LogP contribution in [0.3, 0.4) is 0 Å². The number of nitrogens with two attached hydrogens (primary N) is 2. The number of anilines is 2. The van der Waals surface area contributed by atoms with Crippen LogP contribution in [0.5, 0.6) is 5.75 Å². The molecule has 218 valence electrons. The summed E-state index contributed by atoms with van der Waals surface area (Å²) in [4.78, 5) is 4.05. The van der Waals surface area contributed by atoms with Gasteiger partial charge in [-0.05, 0) is 69.2 Å². The SMILES string of the molecule is COc1ccc(Cl)c(S(=O)(=O)Nc2cc(F)c(-c3nn(C(C)C)c4c3c(N)ncc4[C@H]3CC[C@H](N)CC3)cc2F)c1. The summed E-state index contributed by atoms with van der Waals surface area (Å²) in [7, 11) is -3.03. The number of methoxy groups -OCH3 is 1. The molecule has 2 aromatic carbocycles. The van der Waals surface area contributed by atoms with E-state index in [4.69, 9.17) is 27.8 Å². The number of nitrogens with one attached hydrogen (secondary N) is 1. The molecule has 1 saturated carbocycles. The van der Waals surface area contributed by atoms with Crippen LogP contribution in [-0.2, 0) is 10.0 Å². The maximum Gasteiger partial charge on any atom is 0.263 e. The number of nitrogen functional groups attached to an aromatic ring is 1. The van der Waals surface area contributed by atoms with E-state index in [1.165, 1.54) is 25.3 Å². The third kappa shape index (κ3) is 5.43. The summed E-state index contributed by atoms with van der Waals surface area (Å²) in [6.45, 7) is 3.87. The number of pyridine rings is 1. The van der Waals surface area contributed by atoms with Crippen LogP contribution in [-0.4, -0.2) is 36.3 Å². The molecule has 5 N–H and O–H groups in total. The fourth-order valence-corrected chi connectivity index (χ4v) is 6.91. The van der Waals surface area contributed by atoms with Crippen molar-refractivity contribution in [1.82, 2.24) is 14.8 Å². The van der Waals surface area contributed by atoms with Gasteiger partial charge in [0.15, 0.2) is 0 Å². The number of nitrogens with zero attached hydrogens (tertiary/aromatic N) is 3. The molecule has 0 bridgehead atoms. The second-order valence-corrected chi connectivity index (χ2v) is 12.6. The lowest BCUT2D eigenvalue weighted by Gasteiger charge is -2.27. The first kappa shape index (κ1) is 29.0. The van der Waals surface area contributed by atoms with Crippen molar-refractivity contribution in [2.45, 2.75) is 62.4 Å². The standard InChI is InChI=1S/C28H31ClF2N6O3S/c1-14(2)37-27-19(15-4-6-16(32)7-5-15)13-34-28(33)25(27)26(35-37)18-11-22(31)23(12-21(18)30)36-41(38,39)24-10-17(40-3)8-9-20(24)29/h8-16,36H,4-7,32H2,1-3H3,(H2,33,34)/t15-,16-. The Bertz CT molecular complexity index is 1740. The third-order valence-corrected chi connectivity index (χ3v) is 9.31. The number of hydrogen-bond acceptors (Lipinski definition) is 7. The average Bonchev–Trinajstić information content (AvgIpc) is 3.33. The molecule has 9 nitrogen and oxygen atoms in total. The normalized spacial score (nSPS) is 17.8. The number of aromatic nitrogens is 3. The van der Waals surface area contributed by atoms with Crippen molar-refractivity contribution in [2.75, 3.05) is 17.6 Å². The number of sulfonamides is 1. The van der Waals surface area contributed by atoms with Gasteiger partial charge in [-0.2, -0.15) is 5.10 Å². The predicted molar refractivity (Wildman–Crippen MR) is 156 cm³/mol. The second kappa shape index (κ2) is 11.1. The van der Waals surface area contributed by atoms with Gasteiger partial charge >= 0.3 is 0 Å². The molecule has 4 aromatic rings. The molecule has 0 spiro atoms. The van der Waals surface area contributed by atoms with E-state index in [0.29, 0.717) is 5.39 Å². The Hall–Kier alpha value is -3.48. The Balaban J connectivity index is 1.60. The van der Waals surface area contributed by atoms with E-state index in [1.54, 1.807) is 10.9 Å². The molecule has 0 aliphatic heterocycles. The Kier molecular flexibility index (Phi) is 7.84. The number of rotatable bonds is 7. The van der Waals surface area contributed by atoms with Crippen molar-refractivity contribution >= 4 is 44.0 Å². The molecule has 0 radical (unpaired) electrons. The van der Waals surface area contributed by atoms with Crippen molar-refractivity contribution in [3.05, 3.63) is 58.7 Å². The average molecular weight is 605 g/mol. The zero-order valence-corrected chi connectivity index (χ0v) is 24.4. The van der Waals surface area contributed by atoms with E-state index in [9.17, 15) is 8.42 Å². The summed E-state index contributed by atoms with van der Waals surface area (Å²) in [5.41, 5.74) is 13.4. The van der Waals surface area contributed by atoms with Gasteiger partial charge < -0.3 is 16.2 Å². The number of ether oxygens (including phenoxy) is 1. The monoisotopic (exact) mass is 604 g/mol. The second-order valence-electron chi connectivity index (χ2n) is 10.5. The number of fused-ring (bicyclic) bond motifs is 1. The van der Waals surface area contributed by atoms with Crippen molar-refractivity contribution < 1.29 is 21.9 Å². The summed E-state index contributed by atoms with van der Waals surface area (Å²) in [6, 6.07) is 5.70. The van der Waals surface area contributed by atoms with Gasteiger partial charge in [0.05, 0.1) is 28.7 Å². The molecule has 0 amide bonds. The molecular formula is C28H31ClF2N6O3S. The molecule has 0 atom stereocenters. The number of halogens is 3. The van der Waals surface area contributed by atoms with E-state index >= 15 is 8.78 Å². The lowest BCUT2D eigenvalue weighted by molar-refractivity contribution is 0.395. The lowest BCUT2D eigenvalue weighted by atomic mass is 9.82. The van der Waals surface area contributed by atoms with E-state index in [-0.39, 0.29) is 50.7 Å². The van der Waals surface area contributed by atoms with E-state index in [2.05, 4.69) is 14.8 Å². The van der Waals surface area contributed by atoms with Gasteiger partial charge in [0.2, 0.25) is 0 Å². The molecule has 1 aliphatic carbocycles. The van der Waals surface area contributed by atoms with E-state index in [0.717, 1.165) is 48.9 Å². The Morgan fingerprint density at radius 1 is 1.12 bits per heavy atom. The first-order valence-corrected chi connectivity index (χ1v) is 15.0. The van der Waals surface area contributed by atoms with Crippen LogP contribution >= 0.6 is 11.6 Å². The Morgan fingerprint density at radius 2 is 1.83 bits per heavy atom. The quantitative estimate of drug-likeness (QED) is 0.236. The summed E-state index contributed by atoms with van der Waals surface area (Å²) in [5.74, 6) is -1.37. The zero-order chi connectivity index (χ0) is 29.6. The highest BCUT2D eigenvalue weighted by atomic mass is 35.5. The van der Waals surface area contributed by atoms with Crippen LogP contribution in [0.2, 0.25) is 5.02 Å². The van der Waals surface area contributed by atoms with Gasteiger partial charge in [-0.25, -0.2) is 22.2 Å². The van der Waals surface area contributed by atoms with Crippen LogP contribution in [0.25, 0.3) is 22.2 Å². The van der Waals surface area contributed by atoms with Crippen LogP contribution in [0.4, 0.5) is 20.3 Å². The molecule has 0 saturated heterocycles. The first-order valence-electron chi connectivity index (χ1n) is 13.2. The Morgan fingerprint density at radius 3 is 2.49 bits per heavy atom. The smallest absolute Gasteiger partial charge is 0.263 e. The summed E-state index contributed by atoms with van der Waals surface area (Å²) in [6.07, 6.45) is 5.22. The van der Waals surface area contributed by atoms with Crippen LogP contribution < -0.4 is 20.9 Å². The van der Waals surface area contributed by atoms with Crippen LogP contribution in [0, 0.1) is 11.6 Å². The van der Waals surface area contributed by atoms with Gasteiger partial charge in [0, 0.05) is 36.0 Å². The molecule has 2 heterocycles. The number of benzene rings is 2. The van der Waals surface area contributed by atoms with Gasteiger partial charge in [-0.15, -0.1) is 0 Å². The fourth-order valence-electron chi connectivity index (χ4n) is 5.33. The van der Waals surface area contributed by atoms with Crippen molar-refractivity contribution in [3.8, 4) is 17.0 Å². The van der Waals surface area contributed by atoms with Gasteiger partial charge in [-0.3, -0.25) is 9.40 Å². The van der Waals surface area contributed by atoms with Crippen molar-refractivity contribution in [1.29, 1.82) is 0 Å². The fraction of sp³-hybridized carbons (Fsp3) is 0.357. The van der Waals surface area contributed by atoms with Crippen LogP contribution in [0.1, 0.15) is 57.1 Å². The summed E-state index contributed by atoms with van der Waals surface area (Å²) >= 11 is 6.08. The lowest BCUT2D eigenvalue weighted by Crippen LogP contribution is -2.26. The molecule has 41 heavy (non-hydrogen) atoms. The molecule has 1 fully saturated rings.